The Kier molecular flexibility index (Phi) is 5.65. The standard InChI is InChI=1S/C28H29N3O3/c1-4-26(32)31-13-12-28(17-31)11-10-21-22(6-5-7-23(21)28)25-16-30-27(34-25)19-8-9-24(33-18(2)3)20(14-19)15-29/h5-9,14,16,18H,4,10-13,17H2,1-3H3. The number of rotatable bonds is 5. The number of hydrogen-bond acceptors (Lipinski definition) is 5. The van der Waals surface area contributed by atoms with Crippen molar-refractivity contribution in [3.63, 3.8) is 0 Å². The first-order valence-corrected chi connectivity index (χ1v) is 12.0. The number of aromatic nitrogens is 1. The zero-order valence-electron chi connectivity index (χ0n) is 19.9. The normalized spacial score (nSPS) is 19.0. The number of amides is 1. The largest absolute Gasteiger partial charge is 0.490 e. The van der Waals surface area contributed by atoms with Crippen LogP contribution in [0.15, 0.2) is 47.0 Å². The third-order valence-corrected chi connectivity index (χ3v) is 7.09. The first kappa shape index (κ1) is 22.2. The van der Waals surface area contributed by atoms with E-state index in [9.17, 15) is 10.1 Å². The maximum Gasteiger partial charge on any atom is 0.226 e. The van der Waals surface area contributed by atoms with Gasteiger partial charge in [0.1, 0.15) is 11.8 Å². The van der Waals surface area contributed by atoms with Gasteiger partial charge in [-0.3, -0.25) is 4.79 Å². The van der Waals surface area contributed by atoms with Gasteiger partial charge in [0.15, 0.2) is 5.76 Å². The molecule has 174 valence electrons. The molecular weight excluding hydrogens is 426 g/mol. The molecule has 3 aromatic rings. The van der Waals surface area contributed by atoms with Crippen LogP contribution >= 0.6 is 0 Å². The highest BCUT2D eigenvalue weighted by Crippen LogP contribution is 2.48. The van der Waals surface area contributed by atoms with Crippen molar-refractivity contribution in [3.05, 3.63) is 59.3 Å². The summed E-state index contributed by atoms with van der Waals surface area (Å²) in [5.74, 6) is 2.01. The van der Waals surface area contributed by atoms with Crippen LogP contribution in [0, 0.1) is 11.3 Å². The Hall–Kier alpha value is -3.59. The van der Waals surface area contributed by atoms with Gasteiger partial charge in [-0.05, 0) is 62.4 Å². The Morgan fingerprint density at radius 1 is 1.29 bits per heavy atom. The van der Waals surface area contributed by atoms with Gasteiger partial charge in [-0.15, -0.1) is 0 Å². The van der Waals surface area contributed by atoms with E-state index in [1.165, 1.54) is 11.1 Å². The quantitative estimate of drug-likeness (QED) is 0.508. The van der Waals surface area contributed by atoms with Crippen molar-refractivity contribution in [1.82, 2.24) is 9.88 Å². The van der Waals surface area contributed by atoms with Gasteiger partial charge in [-0.1, -0.05) is 25.1 Å². The highest BCUT2D eigenvalue weighted by Gasteiger charge is 2.45. The number of nitrogens with zero attached hydrogens (tertiary/aromatic N) is 3. The Morgan fingerprint density at radius 2 is 2.15 bits per heavy atom. The van der Waals surface area contributed by atoms with E-state index in [4.69, 9.17) is 9.15 Å². The molecule has 1 unspecified atom stereocenters. The molecule has 0 N–H and O–H groups in total. The first-order chi connectivity index (χ1) is 16.4. The molecule has 1 atom stereocenters. The minimum Gasteiger partial charge on any atom is -0.490 e. The predicted molar refractivity (Wildman–Crippen MR) is 129 cm³/mol. The van der Waals surface area contributed by atoms with Gasteiger partial charge in [0.05, 0.1) is 17.9 Å². The van der Waals surface area contributed by atoms with Crippen LogP contribution in [0.5, 0.6) is 5.75 Å². The second-order valence-electron chi connectivity index (χ2n) is 9.55. The number of fused-ring (bicyclic) bond motifs is 2. The van der Waals surface area contributed by atoms with E-state index in [2.05, 4.69) is 29.3 Å². The number of oxazole rings is 1. The molecule has 5 rings (SSSR count). The summed E-state index contributed by atoms with van der Waals surface area (Å²) in [6.07, 6.45) is 5.34. The lowest BCUT2D eigenvalue weighted by Gasteiger charge is -2.25. The molecule has 1 amide bonds. The second kappa shape index (κ2) is 8.64. The van der Waals surface area contributed by atoms with E-state index in [1.807, 2.05) is 31.7 Å². The fourth-order valence-corrected chi connectivity index (χ4v) is 5.45. The SMILES string of the molecule is CCC(=O)N1CCC2(CCc3c(-c4cnc(-c5ccc(OC(C)C)c(C#N)c5)o4)cccc32)C1. The van der Waals surface area contributed by atoms with Crippen LogP contribution in [0.1, 0.15) is 56.7 Å². The zero-order chi connectivity index (χ0) is 23.9. The van der Waals surface area contributed by atoms with E-state index in [-0.39, 0.29) is 17.4 Å². The van der Waals surface area contributed by atoms with Gasteiger partial charge in [0, 0.05) is 36.1 Å². The van der Waals surface area contributed by atoms with E-state index in [1.54, 1.807) is 18.3 Å². The first-order valence-electron chi connectivity index (χ1n) is 12.0. The fraction of sp³-hybridized carbons (Fsp3) is 0.393. The molecule has 1 aromatic heterocycles. The van der Waals surface area contributed by atoms with Crippen LogP contribution in [-0.4, -0.2) is 35.0 Å². The van der Waals surface area contributed by atoms with E-state index < -0.39 is 0 Å². The van der Waals surface area contributed by atoms with Crippen molar-refractivity contribution in [2.75, 3.05) is 13.1 Å². The number of carbonyl (C=O) groups is 1. The second-order valence-corrected chi connectivity index (χ2v) is 9.55. The van der Waals surface area contributed by atoms with Crippen LogP contribution in [-0.2, 0) is 16.6 Å². The average Bonchev–Trinajstić information content (AvgIpc) is 3.58. The number of hydrogen-bond donors (Lipinski definition) is 0. The van der Waals surface area contributed by atoms with Crippen molar-refractivity contribution in [2.45, 2.75) is 58.0 Å². The summed E-state index contributed by atoms with van der Waals surface area (Å²) in [4.78, 5) is 18.8. The summed E-state index contributed by atoms with van der Waals surface area (Å²) < 4.78 is 11.9. The van der Waals surface area contributed by atoms with Crippen molar-refractivity contribution in [2.24, 2.45) is 0 Å². The lowest BCUT2D eigenvalue weighted by molar-refractivity contribution is -0.130. The van der Waals surface area contributed by atoms with Crippen molar-refractivity contribution >= 4 is 5.91 Å². The van der Waals surface area contributed by atoms with Crippen molar-refractivity contribution < 1.29 is 13.9 Å². The molecule has 1 aliphatic heterocycles. The Morgan fingerprint density at radius 3 is 2.91 bits per heavy atom. The highest BCUT2D eigenvalue weighted by atomic mass is 16.5. The van der Waals surface area contributed by atoms with E-state index in [0.29, 0.717) is 23.6 Å². The number of benzene rings is 2. The van der Waals surface area contributed by atoms with E-state index >= 15 is 0 Å². The molecule has 0 bridgehead atoms. The van der Waals surface area contributed by atoms with Crippen LogP contribution in [0.2, 0.25) is 0 Å². The van der Waals surface area contributed by atoms with Gasteiger partial charge in [-0.2, -0.15) is 5.26 Å². The Bertz CT molecular complexity index is 1290. The fourth-order valence-electron chi connectivity index (χ4n) is 5.45. The number of carbonyl (C=O) groups excluding carboxylic acids is 1. The molecule has 1 aliphatic carbocycles. The summed E-state index contributed by atoms with van der Waals surface area (Å²) in [6, 6.07) is 14.0. The molecule has 1 spiro atoms. The van der Waals surface area contributed by atoms with Gasteiger partial charge < -0.3 is 14.1 Å². The van der Waals surface area contributed by atoms with Crippen molar-refractivity contribution in [1.29, 1.82) is 5.26 Å². The average molecular weight is 456 g/mol. The molecule has 2 aliphatic rings. The molecule has 2 aromatic carbocycles. The molecule has 0 saturated carbocycles. The zero-order valence-corrected chi connectivity index (χ0v) is 19.9. The van der Waals surface area contributed by atoms with Crippen LogP contribution in [0.25, 0.3) is 22.8 Å². The number of nitriles is 1. The molecule has 0 radical (unpaired) electrons. The van der Waals surface area contributed by atoms with Crippen LogP contribution < -0.4 is 4.74 Å². The van der Waals surface area contributed by atoms with Gasteiger partial charge in [0.2, 0.25) is 11.8 Å². The number of likely N-dealkylation sites (tertiary alicyclic amines) is 1. The molecule has 34 heavy (non-hydrogen) atoms. The topological polar surface area (TPSA) is 79.4 Å². The third-order valence-electron chi connectivity index (χ3n) is 7.09. The summed E-state index contributed by atoms with van der Waals surface area (Å²) >= 11 is 0. The van der Waals surface area contributed by atoms with Gasteiger partial charge >= 0.3 is 0 Å². The molecule has 1 fully saturated rings. The summed E-state index contributed by atoms with van der Waals surface area (Å²) in [6.45, 7) is 7.44. The maximum atomic E-state index is 12.3. The minimum atomic E-state index is -0.0122. The van der Waals surface area contributed by atoms with Crippen LogP contribution in [0.3, 0.4) is 0 Å². The Labute approximate surface area is 200 Å². The highest BCUT2D eigenvalue weighted by molar-refractivity contribution is 5.77. The maximum absolute atomic E-state index is 12.3. The number of ether oxygens (including phenoxy) is 1. The summed E-state index contributed by atoms with van der Waals surface area (Å²) in [5, 5.41) is 9.56. The van der Waals surface area contributed by atoms with E-state index in [0.717, 1.165) is 49.2 Å². The Balaban J connectivity index is 1.45. The van der Waals surface area contributed by atoms with Crippen LogP contribution in [0.4, 0.5) is 0 Å². The third kappa shape index (κ3) is 3.75. The minimum absolute atomic E-state index is 0.0122. The molecule has 2 heterocycles. The lowest BCUT2D eigenvalue weighted by Crippen LogP contribution is -2.32. The summed E-state index contributed by atoms with van der Waals surface area (Å²) in [7, 11) is 0. The summed E-state index contributed by atoms with van der Waals surface area (Å²) in [5.41, 5.74) is 4.96. The van der Waals surface area contributed by atoms with Crippen molar-refractivity contribution in [3.8, 4) is 34.6 Å². The molecule has 1 saturated heterocycles. The smallest absolute Gasteiger partial charge is 0.226 e. The predicted octanol–water partition coefficient (Wildman–Crippen LogP) is 5.49. The molecule has 6 nitrogen and oxygen atoms in total. The van der Waals surface area contributed by atoms with Gasteiger partial charge in [-0.25, -0.2) is 4.98 Å². The molecular formula is C28H29N3O3. The monoisotopic (exact) mass is 455 g/mol. The van der Waals surface area contributed by atoms with Gasteiger partial charge in [0.25, 0.3) is 0 Å². The lowest BCUT2D eigenvalue weighted by atomic mass is 9.81. The molecule has 6 heteroatoms.